The van der Waals surface area contributed by atoms with E-state index < -0.39 is 17.2 Å². The molecule has 6 heterocycles. The van der Waals surface area contributed by atoms with Gasteiger partial charge in [0.05, 0.1) is 67.0 Å². The molecule has 370 valence electrons. The van der Waals surface area contributed by atoms with E-state index in [-0.39, 0.29) is 41.8 Å². The Hall–Kier alpha value is -7.53. The average molecular weight is 1010 g/mol. The molecule has 2 saturated heterocycles. The van der Waals surface area contributed by atoms with Crippen molar-refractivity contribution in [1.29, 1.82) is 0 Å². The molecule has 4 aromatic heterocycles. The number of ether oxygens (including phenoxy) is 2. The number of aryl methyl sites for hydroxylation is 4. The van der Waals surface area contributed by atoms with E-state index >= 15 is 0 Å². The van der Waals surface area contributed by atoms with Crippen molar-refractivity contribution in [3.63, 3.8) is 0 Å². The second-order valence-corrected chi connectivity index (χ2v) is 18.7. The number of likely N-dealkylation sites (tertiary alicyclic amines) is 2. The van der Waals surface area contributed by atoms with Crippen LogP contribution in [0.4, 0.5) is 0 Å². The van der Waals surface area contributed by atoms with Crippen LogP contribution < -0.4 is 20.6 Å². The van der Waals surface area contributed by atoms with E-state index in [4.69, 9.17) is 41.7 Å². The van der Waals surface area contributed by atoms with Crippen LogP contribution in [0.3, 0.4) is 0 Å². The van der Waals surface area contributed by atoms with Gasteiger partial charge in [0.2, 0.25) is 0 Å². The quantitative estimate of drug-likeness (QED) is 0.114. The number of aliphatic hydroxyl groups is 1. The van der Waals surface area contributed by atoms with Gasteiger partial charge in [0.1, 0.15) is 34.1 Å². The third-order valence-electron chi connectivity index (χ3n) is 13.3. The Morgan fingerprint density at radius 2 is 1.07 bits per heavy atom. The van der Waals surface area contributed by atoms with Crippen molar-refractivity contribution in [2.75, 3.05) is 40.4 Å². The number of pyridine rings is 2. The number of Topliss-reactive ketones (excluding diaryl/α,β-unsaturated/α-hetero) is 1. The van der Waals surface area contributed by atoms with E-state index in [1.54, 1.807) is 89.7 Å². The molecule has 72 heavy (non-hydrogen) atoms. The van der Waals surface area contributed by atoms with Crippen LogP contribution in [0.2, 0.25) is 10.0 Å². The number of nitrogens with zero attached hydrogens (tertiary/aromatic N) is 6. The van der Waals surface area contributed by atoms with Crippen LogP contribution in [0.25, 0.3) is 44.1 Å². The Morgan fingerprint density at radius 1 is 0.639 bits per heavy atom. The summed E-state index contributed by atoms with van der Waals surface area (Å²) in [6.45, 7) is 9.47. The molecule has 4 aromatic carbocycles. The predicted molar refractivity (Wildman–Crippen MR) is 273 cm³/mol. The van der Waals surface area contributed by atoms with Crippen LogP contribution in [0.5, 0.6) is 11.5 Å². The number of carbonyl (C=O) groups is 3. The first-order valence-electron chi connectivity index (χ1n) is 23.2. The van der Waals surface area contributed by atoms with Crippen molar-refractivity contribution in [1.82, 2.24) is 29.2 Å². The fourth-order valence-electron chi connectivity index (χ4n) is 9.14. The average Bonchev–Trinajstić information content (AvgIpc) is 3.85. The number of benzene rings is 4. The molecule has 1 N–H and O–H groups in total. The third-order valence-corrected chi connectivity index (χ3v) is 13.8. The molecule has 2 amide bonds. The number of ketones is 1. The highest BCUT2D eigenvalue weighted by atomic mass is 35.5. The van der Waals surface area contributed by atoms with Gasteiger partial charge < -0.3 is 38.0 Å². The molecular formula is C54H50Cl2N6O10. The van der Waals surface area contributed by atoms with Gasteiger partial charge in [0.15, 0.2) is 5.78 Å². The van der Waals surface area contributed by atoms with Crippen LogP contribution in [0.15, 0.2) is 104 Å². The van der Waals surface area contributed by atoms with Crippen LogP contribution in [0.1, 0.15) is 78.5 Å². The molecule has 2 aliphatic rings. The smallest absolute Gasteiger partial charge is 0.264 e. The lowest BCUT2D eigenvalue weighted by molar-refractivity contribution is 0.0642. The highest BCUT2D eigenvalue weighted by molar-refractivity contribution is 6.31. The number of hydrogen-bond acceptors (Lipinski definition) is 12. The number of aromatic nitrogens is 4. The van der Waals surface area contributed by atoms with E-state index in [1.807, 2.05) is 39.8 Å². The minimum Gasteiger partial charge on any atom is -0.496 e. The van der Waals surface area contributed by atoms with Gasteiger partial charge in [0.25, 0.3) is 22.9 Å². The predicted octanol–water partition coefficient (Wildman–Crippen LogP) is 9.18. The van der Waals surface area contributed by atoms with E-state index in [9.17, 15) is 29.1 Å². The van der Waals surface area contributed by atoms with E-state index in [2.05, 4.69) is 10.3 Å². The SMILES string of the molecule is COc1cc2c(cc1-c1c(C)noc1C)cc(C(=O)N1CCC1)c(=O)n2CC(=O)c1ccc(Cl)cc1.COc1cc2c(cc1-c1c(C)noc1C)cc(C(=O)N1CCC1)c(=O)n2CC(O)c1ccc(Cl)cc1. The van der Waals surface area contributed by atoms with Gasteiger partial charge in [-0.25, -0.2) is 0 Å². The fraction of sp³-hybridized carbons (Fsp3) is 0.278. The monoisotopic (exact) mass is 1010 g/mol. The topological polar surface area (TPSA) is 192 Å². The maximum Gasteiger partial charge on any atom is 0.264 e. The minimum atomic E-state index is -0.995. The van der Waals surface area contributed by atoms with Crippen molar-refractivity contribution in [3.05, 3.63) is 161 Å². The molecule has 0 aliphatic carbocycles. The molecule has 1 atom stereocenters. The largest absolute Gasteiger partial charge is 0.496 e. The van der Waals surface area contributed by atoms with Crippen LogP contribution >= 0.6 is 23.2 Å². The summed E-state index contributed by atoms with van der Waals surface area (Å²) in [5.74, 6) is 1.34. The van der Waals surface area contributed by atoms with Crippen molar-refractivity contribution in [2.45, 2.75) is 59.7 Å². The summed E-state index contributed by atoms with van der Waals surface area (Å²) in [4.78, 5) is 70.0. The van der Waals surface area contributed by atoms with Crippen LogP contribution in [-0.2, 0) is 13.1 Å². The molecule has 0 radical (unpaired) electrons. The first-order chi connectivity index (χ1) is 34.6. The van der Waals surface area contributed by atoms with Crippen molar-refractivity contribution >= 4 is 62.6 Å². The normalized spacial score (nSPS) is 13.6. The molecule has 1 unspecified atom stereocenters. The van der Waals surface area contributed by atoms with Gasteiger partial charge in [-0.15, -0.1) is 0 Å². The lowest BCUT2D eigenvalue weighted by Gasteiger charge is -2.31. The van der Waals surface area contributed by atoms with E-state index in [1.165, 1.54) is 16.2 Å². The maximum atomic E-state index is 13.6. The van der Waals surface area contributed by atoms with E-state index in [0.717, 1.165) is 35.1 Å². The van der Waals surface area contributed by atoms with Crippen molar-refractivity contribution < 1.29 is 38.0 Å². The zero-order chi connectivity index (χ0) is 51.1. The zero-order valence-electron chi connectivity index (χ0n) is 40.4. The second-order valence-electron chi connectivity index (χ2n) is 17.8. The van der Waals surface area contributed by atoms with Gasteiger partial charge in [-0.2, -0.15) is 0 Å². The fourth-order valence-corrected chi connectivity index (χ4v) is 9.39. The Kier molecular flexibility index (Phi) is 13.9. The maximum absolute atomic E-state index is 13.6. The summed E-state index contributed by atoms with van der Waals surface area (Å²) >= 11 is 12.0. The minimum absolute atomic E-state index is 0.0287. The Bertz CT molecular complexity index is 3510. The second kappa shape index (κ2) is 20.3. The van der Waals surface area contributed by atoms with E-state index in [0.29, 0.717) is 104 Å². The lowest BCUT2D eigenvalue weighted by Crippen LogP contribution is -2.44. The number of amides is 2. The molecule has 8 aromatic rings. The van der Waals surface area contributed by atoms with Crippen LogP contribution in [0, 0.1) is 27.7 Å². The number of fused-ring (bicyclic) bond motifs is 2. The summed E-state index contributed by atoms with van der Waals surface area (Å²) in [5, 5.41) is 21.4. The Labute approximate surface area is 422 Å². The van der Waals surface area contributed by atoms with Crippen molar-refractivity contribution in [3.8, 4) is 33.8 Å². The highest BCUT2D eigenvalue weighted by Gasteiger charge is 2.29. The zero-order valence-corrected chi connectivity index (χ0v) is 41.9. The Balaban J connectivity index is 0.000000178. The molecular weight excluding hydrogens is 964 g/mol. The molecule has 10 rings (SSSR count). The number of methoxy groups -OCH3 is 2. The molecule has 2 aliphatic heterocycles. The van der Waals surface area contributed by atoms with Gasteiger partial charge in [-0.05, 0) is 107 Å². The van der Waals surface area contributed by atoms with Crippen molar-refractivity contribution in [2.24, 2.45) is 0 Å². The van der Waals surface area contributed by atoms with Crippen LogP contribution in [-0.4, -0.2) is 92.4 Å². The molecule has 18 heteroatoms. The molecule has 0 saturated carbocycles. The number of carbonyl (C=O) groups excluding carboxylic acids is 3. The number of rotatable bonds is 12. The standard InChI is InChI=1S/C27H26ClN3O5.C27H24ClN3O5/c2*1-15-25(16(2)36-29-15)20-11-18-12-21(26(33)30-9-4-10-30)27(34)31(22(18)13-24(20)35-3)14-23(32)17-5-7-19(28)8-6-17/h5-8,11-13,23,32H,4,9-10,14H2,1-3H3;5-8,11-13H,4,9-10,14H2,1-3H3. The summed E-state index contributed by atoms with van der Waals surface area (Å²) in [7, 11) is 3.08. The van der Waals surface area contributed by atoms with Gasteiger partial charge in [0, 0.05) is 75.8 Å². The summed E-state index contributed by atoms with van der Waals surface area (Å²) in [6, 6.07) is 23.7. The number of hydrogen-bond donors (Lipinski definition) is 1. The third kappa shape index (κ3) is 9.40. The van der Waals surface area contributed by atoms with Gasteiger partial charge in [-0.1, -0.05) is 45.6 Å². The summed E-state index contributed by atoms with van der Waals surface area (Å²) < 4.78 is 24.9. The van der Waals surface area contributed by atoms with Gasteiger partial charge >= 0.3 is 0 Å². The number of aliphatic hydroxyl groups excluding tert-OH is 1. The Morgan fingerprint density at radius 3 is 1.47 bits per heavy atom. The van der Waals surface area contributed by atoms with Gasteiger partial charge in [-0.3, -0.25) is 28.5 Å². The lowest BCUT2D eigenvalue weighted by atomic mass is 9.99. The first-order valence-corrected chi connectivity index (χ1v) is 24.0. The molecule has 0 bridgehead atoms. The molecule has 16 nitrogen and oxygen atoms in total. The summed E-state index contributed by atoms with van der Waals surface area (Å²) in [5.41, 5.74) is 5.59. The molecule has 2 fully saturated rings. The first kappa shape index (κ1) is 49.5. The molecule has 0 spiro atoms. The number of halogens is 2. The summed E-state index contributed by atoms with van der Waals surface area (Å²) in [6.07, 6.45) is 0.817. The highest BCUT2D eigenvalue weighted by Crippen LogP contribution is 2.40.